The van der Waals surface area contributed by atoms with Gasteiger partial charge in [-0.3, -0.25) is 14.7 Å². The average molecular weight is 290 g/mol. The van der Waals surface area contributed by atoms with Crippen molar-refractivity contribution in [3.8, 4) is 11.3 Å². The molecule has 0 aliphatic heterocycles. The van der Waals surface area contributed by atoms with Gasteiger partial charge in [0.2, 0.25) is 5.43 Å². The third kappa shape index (κ3) is 2.96. The highest BCUT2D eigenvalue weighted by Crippen LogP contribution is 2.20. The SMILES string of the molecule is Cc1cc(-c2[nH]n(CC(C)C)c(=O)c(=O)c2C)ccc1F. The van der Waals surface area contributed by atoms with Crippen LogP contribution >= 0.6 is 0 Å². The first-order chi connectivity index (χ1) is 9.81. The second kappa shape index (κ2) is 5.68. The summed E-state index contributed by atoms with van der Waals surface area (Å²) < 4.78 is 14.7. The number of aromatic amines is 1. The zero-order valence-electron chi connectivity index (χ0n) is 12.7. The molecule has 2 aromatic rings. The minimum atomic E-state index is -0.552. The number of hydrogen-bond donors (Lipinski definition) is 1. The number of aromatic nitrogens is 2. The summed E-state index contributed by atoms with van der Waals surface area (Å²) in [4.78, 5) is 24.1. The summed E-state index contributed by atoms with van der Waals surface area (Å²) in [6, 6.07) is 4.63. The number of rotatable bonds is 3. The van der Waals surface area contributed by atoms with Gasteiger partial charge in [0.1, 0.15) is 5.82 Å². The van der Waals surface area contributed by atoms with Gasteiger partial charge in [0.05, 0.1) is 5.69 Å². The van der Waals surface area contributed by atoms with Crippen LogP contribution in [-0.4, -0.2) is 9.78 Å². The molecule has 0 saturated carbocycles. The third-order valence-corrected chi connectivity index (χ3v) is 3.40. The number of H-pyrrole nitrogens is 1. The second-order valence-electron chi connectivity index (χ2n) is 5.71. The van der Waals surface area contributed by atoms with Gasteiger partial charge >= 0.3 is 5.56 Å². The Bertz CT molecular complexity index is 788. The third-order valence-electron chi connectivity index (χ3n) is 3.40. The summed E-state index contributed by atoms with van der Waals surface area (Å²) in [5.41, 5.74) is 1.03. The minimum Gasteiger partial charge on any atom is -0.295 e. The van der Waals surface area contributed by atoms with E-state index in [-0.39, 0.29) is 11.7 Å². The molecule has 112 valence electrons. The standard InChI is InChI=1S/C16H19FN2O2/c1-9(2)8-19-16(21)15(20)11(4)14(18-19)12-5-6-13(17)10(3)7-12/h5-7,9,18H,8H2,1-4H3. The van der Waals surface area contributed by atoms with Crippen molar-refractivity contribution in [1.29, 1.82) is 0 Å². The molecule has 2 rings (SSSR count). The summed E-state index contributed by atoms with van der Waals surface area (Å²) in [5.74, 6) is -0.0712. The number of benzene rings is 1. The van der Waals surface area contributed by atoms with E-state index >= 15 is 0 Å². The fourth-order valence-corrected chi connectivity index (χ4v) is 2.24. The molecule has 1 aromatic heterocycles. The minimum absolute atomic E-state index is 0.226. The predicted molar refractivity (Wildman–Crippen MR) is 81.0 cm³/mol. The van der Waals surface area contributed by atoms with Gasteiger partial charge in [0.25, 0.3) is 0 Å². The monoisotopic (exact) mass is 290 g/mol. The van der Waals surface area contributed by atoms with Crippen LogP contribution in [0.3, 0.4) is 0 Å². The summed E-state index contributed by atoms with van der Waals surface area (Å²) in [5, 5.41) is 3.00. The summed E-state index contributed by atoms with van der Waals surface area (Å²) >= 11 is 0. The van der Waals surface area contributed by atoms with Crippen molar-refractivity contribution >= 4 is 0 Å². The normalized spacial score (nSPS) is 11.1. The van der Waals surface area contributed by atoms with Crippen LogP contribution in [0.2, 0.25) is 0 Å². The molecule has 5 heteroatoms. The molecule has 0 atom stereocenters. The summed E-state index contributed by atoms with van der Waals surface area (Å²) in [7, 11) is 0. The molecule has 1 heterocycles. The van der Waals surface area contributed by atoms with Crippen LogP contribution < -0.4 is 11.0 Å². The lowest BCUT2D eigenvalue weighted by molar-refractivity contribution is 0.462. The fourth-order valence-electron chi connectivity index (χ4n) is 2.24. The maximum absolute atomic E-state index is 13.4. The van der Waals surface area contributed by atoms with Crippen LogP contribution in [0, 0.1) is 25.6 Å². The Labute approximate surface area is 122 Å². The Balaban J connectivity index is 2.68. The smallest absolute Gasteiger partial charge is 0.295 e. The van der Waals surface area contributed by atoms with E-state index in [0.29, 0.717) is 28.9 Å². The van der Waals surface area contributed by atoms with Crippen LogP contribution in [0.1, 0.15) is 25.0 Å². The molecule has 0 saturated heterocycles. The molecule has 0 radical (unpaired) electrons. The number of hydrogen-bond acceptors (Lipinski definition) is 2. The maximum atomic E-state index is 13.4. The molecule has 0 bridgehead atoms. The lowest BCUT2D eigenvalue weighted by atomic mass is 10.0. The quantitative estimate of drug-likeness (QED) is 0.883. The zero-order valence-corrected chi connectivity index (χ0v) is 12.7. The van der Waals surface area contributed by atoms with E-state index in [4.69, 9.17) is 0 Å². The Morgan fingerprint density at radius 2 is 1.90 bits per heavy atom. The fraction of sp³-hybridized carbons (Fsp3) is 0.375. The van der Waals surface area contributed by atoms with Crippen molar-refractivity contribution < 1.29 is 4.39 Å². The molecular weight excluding hydrogens is 271 g/mol. The Morgan fingerprint density at radius 1 is 1.24 bits per heavy atom. The van der Waals surface area contributed by atoms with Gasteiger partial charge in [0.15, 0.2) is 0 Å². The molecule has 21 heavy (non-hydrogen) atoms. The van der Waals surface area contributed by atoms with E-state index in [1.165, 1.54) is 10.7 Å². The van der Waals surface area contributed by atoms with E-state index in [9.17, 15) is 14.0 Å². The summed E-state index contributed by atoms with van der Waals surface area (Å²) in [6.07, 6.45) is 0. The highest BCUT2D eigenvalue weighted by Gasteiger charge is 2.13. The first kappa shape index (κ1) is 15.2. The van der Waals surface area contributed by atoms with Crippen LogP contribution in [0.5, 0.6) is 0 Å². The lowest BCUT2D eigenvalue weighted by Crippen LogP contribution is -2.39. The van der Waals surface area contributed by atoms with Gasteiger partial charge < -0.3 is 0 Å². The van der Waals surface area contributed by atoms with Crippen LogP contribution in [0.15, 0.2) is 27.8 Å². The van der Waals surface area contributed by atoms with Crippen molar-refractivity contribution in [2.24, 2.45) is 5.92 Å². The van der Waals surface area contributed by atoms with Crippen molar-refractivity contribution in [1.82, 2.24) is 9.78 Å². The number of nitrogens with one attached hydrogen (secondary N) is 1. The lowest BCUT2D eigenvalue weighted by Gasteiger charge is -2.13. The Hall–Kier alpha value is -2.17. The Morgan fingerprint density at radius 3 is 2.48 bits per heavy atom. The largest absolute Gasteiger partial charge is 0.312 e. The molecule has 0 aliphatic carbocycles. The van der Waals surface area contributed by atoms with Crippen molar-refractivity contribution in [3.05, 3.63) is 55.7 Å². The van der Waals surface area contributed by atoms with E-state index in [0.717, 1.165) is 0 Å². The number of halogens is 1. The molecule has 0 unspecified atom stereocenters. The van der Waals surface area contributed by atoms with Gasteiger partial charge in [-0.05, 0) is 43.5 Å². The van der Waals surface area contributed by atoms with E-state index in [2.05, 4.69) is 5.10 Å². The van der Waals surface area contributed by atoms with Crippen molar-refractivity contribution in [2.75, 3.05) is 0 Å². The number of nitrogens with zero attached hydrogens (tertiary/aromatic N) is 1. The highest BCUT2D eigenvalue weighted by molar-refractivity contribution is 5.62. The van der Waals surface area contributed by atoms with Crippen LogP contribution in [0.4, 0.5) is 4.39 Å². The van der Waals surface area contributed by atoms with Crippen LogP contribution in [0.25, 0.3) is 11.3 Å². The topological polar surface area (TPSA) is 54.9 Å². The first-order valence-corrected chi connectivity index (χ1v) is 6.91. The Kier molecular flexibility index (Phi) is 4.11. The molecule has 0 fully saturated rings. The van der Waals surface area contributed by atoms with Gasteiger partial charge in [-0.15, -0.1) is 0 Å². The molecule has 4 nitrogen and oxygen atoms in total. The molecule has 0 aliphatic rings. The van der Waals surface area contributed by atoms with Gasteiger partial charge in [-0.2, -0.15) is 0 Å². The van der Waals surface area contributed by atoms with Crippen LogP contribution in [-0.2, 0) is 6.54 Å². The molecule has 1 N–H and O–H groups in total. The first-order valence-electron chi connectivity index (χ1n) is 6.91. The van der Waals surface area contributed by atoms with E-state index in [1.807, 2.05) is 13.8 Å². The molecule has 1 aromatic carbocycles. The van der Waals surface area contributed by atoms with E-state index < -0.39 is 11.0 Å². The summed E-state index contributed by atoms with van der Waals surface area (Å²) in [6.45, 7) is 7.63. The average Bonchev–Trinajstić information content (AvgIpc) is 2.42. The molecule has 0 spiro atoms. The van der Waals surface area contributed by atoms with Crippen molar-refractivity contribution in [3.63, 3.8) is 0 Å². The number of aryl methyl sites for hydroxylation is 1. The predicted octanol–water partition coefficient (Wildman–Crippen LogP) is 2.62. The van der Waals surface area contributed by atoms with Gasteiger partial charge in [0, 0.05) is 17.7 Å². The molecule has 0 amide bonds. The van der Waals surface area contributed by atoms with Crippen molar-refractivity contribution in [2.45, 2.75) is 34.2 Å². The zero-order chi connectivity index (χ0) is 15.7. The highest BCUT2D eigenvalue weighted by atomic mass is 19.1. The van der Waals surface area contributed by atoms with Gasteiger partial charge in [-0.25, -0.2) is 9.07 Å². The maximum Gasteiger partial charge on any atom is 0.312 e. The van der Waals surface area contributed by atoms with E-state index in [1.54, 1.807) is 26.0 Å². The second-order valence-corrected chi connectivity index (χ2v) is 5.71. The molecular formula is C16H19FN2O2. The van der Waals surface area contributed by atoms with Gasteiger partial charge in [-0.1, -0.05) is 13.8 Å².